The van der Waals surface area contributed by atoms with Crippen LogP contribution in [0.2, 0.25) is 0 Å². The molecule has 1 aliphatic carbocycles. The molecule has 2 aromatic rings. The predicted octanol–water partition coefficient (Wildman–Crippen LogP) is 2.47. The summed E-state index contributed by atoms with van der Waals surface area (Å²) in [7, 11) is 1.82. The Morgan fingerprint density at radius 3 is 2.48 bits per heavy atom. The van der Waals surface area contributed by atoms with Gasteiger partial charge in [-0.15, -0.1) is 0 Å². The number of pyridine rings is 1. The van der Waals surface area contributed by atoms with Gasteiger partial charge in [0.1, 0.15) is 0 Å². The van der Waals surface area contributed by atoms with Gasteiger partial charge in [0.25, 0.3) is 0 Å². The molecule has 5 heteroatoms. The van der Waals surface area contributed by atoms with Gasteiger partial charge in [-0.1, -0.05) is 30.3 Å². The Balaban J connectivity index is 1.34. The van der Waals surface area contributed by atoms with E-state index < -0.39 is 0 Å². The Morgan fingerprint density at radius 1 is 1.04 bits per heavy atom. The average molecular weight is 365 g/mol. The summed E-state index contributed by atoms with van der Waals surface area (Å²) >= 11 is 0. The normalized spacial score (nSPS) is 18.0. The first kappa shape index (κ1) is 19.1. The maximum atomic E-state index is 12.5. The molecule has 1 aliphatic rings. The van der Waals surface area contributed by atoms with Gasteiger partial charge < -0.3 is 10.2 Å². The largest absolute Gasteiger partial charge is 0.356 e. The molecule has 2 atom stereocenters. The molecule has 3 rings (SSSR count). The Labute approximate surface area is 160 Å². The molecule has 1 aromatic heterocycles. The Hall–Kier alpha value is -2.69. The maximum Gasteiger partial charge on any atom is 0.226 e. The molecule has 0 aliphatic heterocycles. The molecular formula is C22H27N3O2. The van der Waals surface area contributed by atoms with Gasteiger partial charge in [-0.3, -0.25) is 14.6 Å². The Kier molecular flexibility index (Phi) is 6.58. The topological polar surface area (TPSA) is 62.3 Å². The summed E-state index contributed by atoms with van der Waals surface area (Å²) in [5.74, 6) is -0.211. The van der Waals surface area contributed by atoms with Crippen molar-refractivity contribution in [2.45, 2.75) is 25.7 Å². The van der Waals surface area contributed by atoms with Crippen LogP contribution in [0.4, 0.5) is 0 Å². The van der Waals surface area contributed by atoms with Crippen LogP contribution in [0.25, 0.3) is 0 Å². The molecule has 142 valence electrons. The third-order valence-electron chi connectivity index (χ3n) is 5.09. The second kappa shape index (κ2) is 9.31. The fourth-order valence-electron chi connectivity index (χ4n) is 3.28. The zero-order chi connectivity index (χ0) is 19.1. The van der Waals surface area contributed by atoms with Gasteiger partial charge in [0.2, 0.25) is 11.8 Å². The number of hydrogen-bond donors (Lipinski definition) is 1. The minimum Gasteiger partial charge on any atom is -0.356 e. The highest BCUT2D eigenvalue weighted by molar-refractivity contribution is 5.92. The highest BCUT2D eigenvalue weighted by Gasteiger charge is 2.48. The van der Waals surface area contributed by atoms with Crippen molar-refractivity contribution < 1.29 is 9.59 Å². The summed E-state index contributed by atoms with van der Waals surface area (Å²) in [4.78, 5) is 30.5. The highest BCUT2D eigenvalue weighted by atomic mass is 16.2. The van der Waals surface area contributed by atoms with Crippen LogP contribution >= 0.6 is 0 Å². The fourth-order valence-corrected chi connectivity index (χ4v) is 3.28. The molecular weight excluding hydrogens is 338 g/mol. The van der Waals surface area contributed by atoms with Gasteiger partial charge in [-0.25, -0.2) is 0 Å². The van der Waals surface area contributed by atoms with Crippen molar-refractivity contribution in [3.8, 4) is 0 Å². The van der Waals surface area contributed by atoms with E-state index in [0.29, 0.717) is 19.5 Å². The number of amides is 2. The molecule has 1 heterocycles. The third-order valence-corrected chi connectivity index (χ3v) is 5.09. The van der Waals surface area contributed by atoms with Crippen LogP contribution in [-0.2, 0) is 22.4 Å². The number of hydrogen-bond acceptors (Lipinski definition) is 3. The van der Waals surface area contributed by atoms with Crippen molar-refractivity contribution in [3.05, 3.63) is 66.0 Å². The predicted molar refractivity (Wildman–Crippen MR) is 105 cm³/mol. The molecule has 2 unspecified atom stereocenters. The summed E-state index contributed by atoms with van der Waals surface area (Å²) in [6.45, 7) is 1.31. The molecule has 1 fully saturated rings. The minimum atomic E-state index is -0.155. The van der Waals surface area contributed by atoms with Gasteiger partial charge in [0, 0.05) is 32.5 Å². The summed E-state index contributed by atoms with van der Waals surface area (Å²) in [5, 5.41) is 2.98. The lowest BCUT2D eigenvalue weighted by Crippen LogP contribution is -2.33. The van der Waals surface area contributed by atoms with E-state index in [4.69, 9.17) is 0 Å². The second-order valence-electron chi connectivity index (χ2n) is 7.19. The van der Waals surface area contributed by atoms with Crippen molar-refractivity contribution >= 4 is 11.8 Å². The number of aromatic nitrogens is 1. The lowest BCUT2D eigenvalue weighted by molar-refractivity contribution is -0.133. The number of carbonyl (C=O) groups excluding carboxylic acids is 2. The molecule has 2 amide bonds. The fraction of sp³-hybridized carbons (Fsp3) is 0.409. The Bertz CT molecular complexity index is 749. The first-order valence-corrected chi connectivity index (χ1v) is 9.60. The number of carbonyl (C=O) groups is 2. The lowest BCUT2D eigenvalue weighted by atomic mass is 10.1. The molecule has 27 heavy (non-hydrogen) atoms. The van der Waals surface area contributed by atoms with Crippen LogP contribution in [-0.4, -0.2) is 41.8 Å². The molecule has 0 spiro atoms. The van der Waals surface area contributed by atoms with Gasteiger partial charge in [-0.2, -0.15) is 0 Å². The van der Waals surface area contributed by atoms with E-state index in [1.807, 2.05) is 37.4 Å². The van der Waals surface area contributed by atoms with E-state index in [9.17, 15) is 9.59 Å². The number of likely N-dealkylation sites (N-methyl/N-ethyl adjacent to an activating group) is 1. The van der Waals surface area contributed by atoms with Crippen molar-refractivity contribution in [1.29, 1.82) is 0 Å². The molecule has 1 saturated carbocycles. The number of rotatable bonds is 9. The summed E-state index contributed by atoms with van der Waals surface area (Å²) in [6.07, 6.45) is 6.85. The van der Waals surface area contributed by atoms with Crippen LogP contribution in [0.3, 0.4) is 0 Å². The van der Waals surface area contributed by atoms with Gasteiger partial charge in [0.15, 0.2) is 0 Å². The molecule has 0 saturated heterocycles. The van der Waals surface area contributed by atoms with Crippen LogP contribution < -0.4 is 5.32 Å². The van der Waals surface area contributed by atoms with Crippen LogP contribution in [0, 0.1) is 11.8 Å². The molecule has 1 aromatic carbocycles. The van der Waals surface area contributed by atoms with E-state index in [1.165, 1.54) is 5.56 Å². The highest BCUT2D eigenvalue weighted by Crippen LogP contribution is 2.39. The van der Waals surface area contributed by atoms with E-state index in [1.54, 1.807) is 17.3 Å². The monoisotopic (exact) mass is 365 g/mol. The standard InChI is InChI=1S/C22H27N3O2/c1-25(15-11-18-9-13-23-14-10-18)22(27)20-16-19(20)21(26)24-12-5-8-17-6-3-2-4-7-17/h2-4,6-7,9-10,13-14,19-20H,5,8,11-12,15-16H2,1H3,(H,24,26). The minimum absolute atomic E-state index is 0.0175. The number of aryl methyl sites for hydroxylation is 1. The summed E-state index contributed by atoms with van der Waals surface area (Å²) < 4.78 is 0. The first-order valence-electron chi connectivity index (χ1n) is 9.60. The smallest absolute Gasteiger partial charge is 0.226 e. The molecule has 1 N–H and O–H groups in total. The van der Waals surface area contributed by atoms with Gasteiger partial charge in [0.05, 0.1) is 11.8 Å². The van der Waals surface area contributed by atoms with E-state index in [2.05, 4.69) is 22.4 Å². The summed E-state index contributed by atoms with van der Waals surface area (Å²) in [5.41, 5.74) is 2.44. The van der Waals surface area contributed by atoms with Crippen molar-refractivity contribution in [3.63, 3.8) is 0 Å². The van der Waals surface area contributed by atoms with E-state index in [0.717, 1.165) is 24.8 Å². The summed E-state index contributed by atoms with van der Waals surface area (Å²) in [6, 6.07) is 14.2. The second-order valence-corrected chi connectivity index (χ2v) is 7.19. The van der Waals surface area contributed by atoms with Crippen molar-refractivity contribution in [2.75, 3.05) is 20.1 Å². The van der Waals surface area contributed by atoms with E-state index >= 15 is 0 Å². The SMILES string of the molecule is CN(CCc1ccncc1)C(=O)C1CC1C(=O)NCCCc1ccccc1. The average Bonchev–Trinajstić information content (AvgIpc) is 3.51. The van der Waals surface area contributed by atoms with Gasteiger partial charge in [-0.05, 0) is 48.9 Å². The zero-order valence-corrected chi connectivity index (χ0v) is 15.8. The molecule has 5 nitrogen and oxygen atoms in total. The molecule has 0 radical (unpaired) electrons. The lowest BCUT2D eigenvalue weighted by Gasteiger charge is -2.17. The van der Waals surface area contributed by atoms with Gasteiger partial charge >= 0.3 is 0 Å². The van der Waals surface area contributed by atoms with Crippen LogP contribution in [0.1, 0.15) is 24.0 Å². The number of nitrogens with zero attached hydrogens (tertiary/aromatic N) is 2. The van der Waals surface area contributed by atoms with Crippen molar-refractivity contribution in [1.82, 2.24) is 15.2 Å². The Morgan fingerprint density at radius 2 is 1.74 bits per heavy atom. The maximum absolute atomic E-state index is 12.5. The van der Waals surface area contributed by atoms with Crippen LogP contribution in [0.15, 0.2) is 54.9 Å². The van der Waals surface area contributed by atoms with Crippen LogP contribution in [0.5, 0.6) is 0 Å². The molecule has 0 bridgehead atoms. The number of benzene rings is 1. The quantitative estimate of drug-likeness (QED) is 0.695. The number of nitrogens with one attached hydrogen (secondary N) is 1. The zero-order valence-electron chi connectivity index (χ0n) is 15.8. The van der Waals surface area contributed by atoms with E-state index in [-0.39, 0.29) is 23.7 Å². The van der Waals surface area contributed by atoms with Crippen molar-refractivity contribution in [2.24, 2.45) is 11.8 Å². The first-order chi connectivity index (χ1) is 13.1. The third kappa shape index (κ3) is 5.64.